The molecule has 2 aromatic rings. The van der Waals surface area contributed by atoms with Crippen LogP contribution in [-0.4, -0.2) is 43.5 Å². The number of benzene rings is 2. The van der Waals surface area contributed by atoms with Gasteiger partial charge in [-0.05, 0) is 73.7 Å². The first-order valence-electron chi connectivity index (χ1n) is 9.59. The number of carboxylic acid groups (broad SMARTS) is 1. The van der Waals surface area contributed by atoms with E-state index in [-0.39, 0.29) is 6.10 Å². The molecule has 0 radical (unpaired) electrons. The molecule has 1 unspecified atom stereocenters. The van der Waals surface area contributed by atoms with Gasteiger partial charge in [-0.1, -0.05) is 18.2 Å². The van der Waals surface area contributed by atoms with Crippen molar-refractivity contribution in [2.24, 2.45) is 0 Å². The highest BCUT2D eigenvalue weighted by atomic mass is 16.5. The average molecular weight is 369 g/mol. The Hall–Kier alpha value is -2.37. The minimum absolute atomic E-state index is 0.199. The summed E-state index contributed by atoms with van der Waals surface area (Å²) in [6, 6.07) is 13.2. The summed E-state index contributed by atoms with van der Waals surface area (Å²) in [5, 5.41) is 12.5. The van der Waals surface area contributed by atoms with Crippen molar-refractivity contribution in [3.63, 3.8) is 0 Å². The van der Waals surface area contributed by atoms with Crippen molar-refractivity contribution in [1.29, 1.82) is 0 Å². The zero-order valence-corrected chi connectivity index (χ0v) is 15.7. The van der Waals surface area contributed by atoms with Crippen LogP contribution < -0.4 is 10.1 Å². The number of hydrogen-bond donors (Lipinski definition) is 2. The van der Waals surface area contributed by atoms with Crippen molar-refractivity contribution in [1.82, 2.24) is 5.32 Å². The highest BCUT2D eigenvalue weighted by Gasteiger charge is 2.19. The summed E-state index contributed by atoms with van der Waals surface area (Å²) in [7, 11) is 0. The minimum atomic E-state index is -0.905. The maximum atomic E-state index is 11.0. The zero-order chi connectivity index (χ0) is 19.1. The van der Waals surface area contributed by atoms with Gasteiger partial charge in [0.2, 0.25) is 0 Å². The lowest BCUT2D eigenvalue weighted by atomic mass is 9.96. The van der Waals surface area contributed by atoms with E-state index in [4.69, 9.17) is 14.6 Å². The van der Waals surface area contributed by atoms with Gasteiger partial charge in [-0.3, -0.25) is 0 Å². The Balaban J connectivity index is 1.55. The number of carboxylic acids is 1. The molecule has 2 N–H and O–H groups in total. The number of fused-ring (bicyclic) bond motifs is 1. The quantitative estimate of drug-likeness (QED) is 0.659. The lowest BCUT2D eigenvalue weighted by Gasteiger charge is -2.27. The predicted molar refractivity (Wildman–Crippen MR) is 106 cm³/mol. The first-order chi connectivity index (χ1) is 13.2. The number of hydrogen-bond acceptors (Lipinski definition) is 4. The molecule has 3 rings (SSSR count). The van der Waals surface area contributed by atoms with E-state index in [0.29, 0.717) is 5.56 Å². The molecule has 1 aliphatic rings. The summed E-state index contributed by atoms with van der Waals surface area (Å²) >= 11 is 0. The third-order valence-electron chi connectivity index (χ3n) is 4.77. The summed E-state index contributed by atoms with van der Waals surface area (Å²) in [5.41, 5.74) is 3.61. The number of ether oxygens (including phenoxy) is 2. The van der Waals surface area contributed by atoms with Gasteiger partial charge in [-0.15, -0.1) is 0 Å². The van der Waals surface area contributed by atoms with Gasteiger partial charge in [-0.2, -0.15) is 0 Å². The van der Waals surface area contributed by atoms with E-state index < -0.39 is 5.97 Å². The summed E-state index contributed by atoms with van der Waals surface area (Å²) in [6.45, 7) is 5.38. The Morgan fingerprint density at radius 2 is 2.00 bits per heavy atom. The second kappa shape index (κ2) is 9.53. The number of aromatic carboxylic acids is 1. The van der Waals surface area contributed by atoms with Crippen LogP contribution in [-0.2, 0) is 11.2 Å². The molecule has 0 fully saturated rings. The maximum absolute atomic E-state index is 11.0. The van der Waals surface area contributed by atoms with E-state index in [2.05, 4.69) is 11.4 Å². The van der Waals surface area contributed by atoms with E-state index in [1.54, 1.807) is 12.1 Å². The van der Waals surface area contributed by atoms with Crippen molar-refractivity contribution < 1.29 is 19.4 Å². The molecule has 2 aromatic carbocycles. The number of aryl methyl sites for hydroxylation is 1. The molecule has 0 aromatic heterocycles. The van der Waals surface area contributed by atoms with Crippen molar-refractivity contribution in [2.45, 2.75) is 32.3 Å². The van der Waals surface area contributed by atoms with Crippen LogP contribution in [0.4, 0.5) is 0 Å². The van der Waals surface area contributed by atoms with Crippen LogP contribution in [0.15, 0.2) is 42.5 Å². The second-order valence-electron chi connectivity index (χ2n) is 6.74. The van der Waals surface area contributed by atoms with Crippen LogP contribution in [0.3, 0.4) is 0 Å². The number of rotatable bonds is 9. The summed E-state index contributed by atoms with van der Waals surface area (Å²) in [4.78, 5) is 11.0. The van der Waals surface area contributed by atoms with Gasteiger partial charge in [0.05, 0.1) is 5.56 Å². The van der Waals surface area contributed by atoms with Gasteiger partial charge in [0, 0.05) is 19.8 Å². The fourth-order valence-electron chi connectivity index (χ4n) is 3.28. The van der Waals surface area contributed by atoms with Gasteiger partial charge < -0.3 is 19.9 Å². The van der Waals surface area contributed by atoms with E-state index in [1.807, 2.05) is 31.2 Å². The lowest BCUT2D eigenvalue weighted by Crippen LogP contribution is -2.34. The molecule has 0 spiro atoms. The van der Waals surface area contributed by atoms with Gasteiger partial charge in [-0.25, -0.2) is 4.79 Å². The Labute approximate surface area is 160 Å². The van der Waals surface area contributed by atoms with E-state index in [0.717, 1.165) is 62.4 Å². The molecule has 144 valence electrons. The van der Waals surface area contributed by atoms with E-state index >= 15 is 0 Å². The minimum Gasteiger partial charge on any atom is -0.489 e. The molecule has 0 bridgehead atoms. The van der Waals surface area contributed by atoms with Crippen molar-refractivity contribution in [3.05, 3.63) is 53.6 Å². The topological polar surface area (TPSA) is 67.8 Å². The smallest absolute Gasteiger partial charge is 0.335 e. The molecular formula is C22H27NO4. The fourth-order valence-corrected chi connectivity index (χ4v) is 3.28. The highest BCUT2D eigenvalue weighted by Crippen LogP contribution is 2.32. The number of carbonyl (C=O) groups is 1. The summed E-state index contributed by atoms with van der Waals surface area (Å²) in [6.07, 6.45) is 3.20. The molecule has 27 heavy (non-hydrogen) atoms. The number of nitrogens with one attached hydrogen (secondary N) is 1. The molecule has 5 heteroatoms. The summed E-state index contributed by atoms with van der Waals surface area (Å²) in [5.74, 6) is 0.0474. The Kier molecular flexibility index (Phi) is 6.85. The molecule has 0 saturated heterocycles. The molecule has 0 aliphatic carbocycles. The summed E-state index contributed by atoms with van der Waals surface area (Å²) < 4.78 is 11.5. The van der Waals surface area contributed by atoms with Crippen LogP contribution in [0.25, 0.3) is 11.1 Å². The third-order valence-corrected chi connectivity index (χ3v) is 4.77. The van der Waals surface area contributed by atoms with Crippen LogP contribution in [0.1, 0.15) is 35.7 Å². The fraction of sp³-hybridized carbons (Fsp3) is 0.409. The van der Waals surface area contributed by atoms with E-state index in [9.17, 15) is 4.79 Å². The van der Waals surface area contributed by atoms with Crippen LogP contribution >= 0.6 is 0 Å². The molecule has 1 atom stereocenters. The lowest BCUT2D eigenvalue weighted by molar-refractivity contribution is 0.0697. The van der Waals surface area contributed by atoms with Gasteiger partial charge in [0.25, 0.3) is 0 Å². The second-order valence-corrected chi connectivity index (χ2v) is 6.74. The van der Waals surface area contributed by atoms with Crippen molar-refractivity contribution in [2.75, 3.05) is 26.3 Å². The zero-order valence-electron chi connectivity index (χ0n) is 15.7. The average Bonchev–Trinajstić information content (AvgIpc) is 2.70. The predicted octanol–water partition coefficient (Wildman–Crippen LogP) is 3.76. The van der Waals surface area contributed by atoms with Crippen molar-refractivity contribution >= 4 is 5.97 Å². The molecule has 1 aliphatic heterocycles. The molecule has 5 nitrogen and oxygen atoms in total. The maximum Gasteiger partial charge on any atom is 0.335 e. The van der Waals surface area contributed by atoms with Crippen LogP contribution in [0.2, 0.25) is 0 Å². The normalized spacial score (nSPS) is 15.8. The standard InChI is InChI=1S/C22H27NO4/c1-2-26-13-3-12-23-15-20-10-8-19-14-18(9-11-21(19)27-20)16-4-6-17(7-5-16)22(24)25/h4-7,9,11,14,20,23H,2-3,8,10,12-13,15H2,1H3,(H,24,25). The Morgan fingerprint density at radius 3 is 2.74 bits per heavy atom. The largest absolute Gasteiger partial charge is 0.489 e. The molecule has 0 saturated carbocycles. The highest BCUT2D eigenvalue weighted by molar-refractivity contribution is 5.88. The molecule has 0 amide bonds. The van der Waals surface area contributed by atoms with Crippen LogP contribution in [0, 0.1) is 0 Å². The van der Waals surface area contributed by atoms with E-state index in [1.165, 1.54) is 5.56 Å². The van der Waals surface area contributed by atoms with Crippen molar-refractivity contribution in [3.8, 4) is 16.9 Å². The first kappa shape index (κ1) is 19.4. The Morgan fingerprint density at radius 1 is 1.22 bits per heavy atom. The SMILES string of the molecule is CCOCCCNCC1CCc2cc(-c3ccc(C(=O)O)cc3)ccc2O1. The monoisotopic (exact) mass is 369 g/mol. The first-order valence-corrected chi connectivity index (χ1v) is 9.59. The molecular weight excluding hydrogens is 342 g/mol. The molecule has 1 heterocycles. The Bertz CT molecular complexity index is 757. The van der Waals surface area contributed by atoms with Gasteiger partial charge in [0.15, 0.2) is 0 Å². The third kappa shape index (κ3) is 5.31. The van der Waals surface area contributed by atoms with Crippen LogP contribution in [0.5, 0.6) is 5.75 Å². The van der Waals surface area contributed by atoms with Gasteiger partial charge >= 0.3 is 5.97 Å². The van der Waals surface area contributed by atoms with Gasteiger partial charge in [0.1, 0.15) is 11.9 Å².